The number of nitrogen functional groups attached to an aromatic ring is 1. The zero-order chi connectivity index (χ0) is 12.0. The van der Waals surface area contributed by atoms with Crippen LogP contribution < -0.4 is 16.4 Å². The van der Waals surface area contributed by atoms with Gasteiger partial charge in [-0.2, -0.15) is 0 Å². The number of nitrogens with two attached hydrogens (primary N) is 1. The molecule has 4 nitrogen and oxygen atoms in total. The first kappa shape index (κ1) is 12.4. The highest BCUT2D eigenvalue weighted by molar-refractivity contribution is 5.74. The predicted octanol–water partition coefficient (Wildman–Crippen LogP) is 1.52. The summed E-state index contributed by atoms with van der Waals surface area (Å²) in [4.78, 5) is 11.3. The van der Waals surface area contributed by atoms with Crippen molar-refractivity contribution in [1.29, 1.82) is 0 Å². The molecule has 1 aromatic carbocycles. The van der Waals surface area contributed by atoms with Gasteiger partial charge in [0, 0.05) is 18.3 Å². The maximum atomic E-state index is 11.3. The van der Waals surface area contributed by atoms with Gasteiger partial charge in [0.1, 0.15) is 0 Å². The van der Waals surface area contributed by atoms with Crippen LogP contribution in [0.5, 0.6) is 0 Å². The molecule has 0 aliphatic heterocycles. The number of rotatable bonds is 4. The molecule has 0 saturated carbocycles. The van der Waals surface area contributed by atoms with Gasteiger partial charge in [-0.3, -0.25) is 0 Å². The molecular formula is C12H19N3O. The minimum atomic E-state index is -0.120. The molecule has 0 fully saturated rings. The maximum absolute atomic E-state index is 11.3. The van der Waals surface area contributed by atoms with Crippen LogP contribution in [-0.4, -0.2) is 18.6 Å². The largest absolute Gasteiger partial charge is 0.399 e. The van der Waals surface area contributed by atoms with Crippen molar-refractivity contribution < 1.29 is 4.79 Å². The second-order valence-electron chi connectivity index (χ2n) is 4.05. The van der Waals surface area contributed by atoms with Crippen LogP contribution in [0.2, 0.25) is 0 Å². The van der Waals surface area contributed by atoms with Crippen LogP contribution in [0.25, 0.3) is 0 Å². The van der Waals surface area contributed by atoms with Crippen molar-refractivity contribution in [3.8, 4) is 0 Å². The quantitative estimate of drug-likeness (QED) is 0.675. The fraction of sp³-hybridized carbons (Fsp3) is 0.417. The minimum Gasteiger partial charge on any atom is -0.399 e. The van der Waals surface area contributed by atoms with E-state index in [1.165, 1.54) is 5.56 Å². The lowest BCUT2D eigenvalue weighted by Gasteiger charge is -2.09. The SMILES string of the molecule is CC(C)NC(=O)NCCc1ccc(N)cc1. The van der Waals surface area contributed by atoms with Gasteiger partial charge in [0.15, 0.2) is 0 Å². The molecule has 0 atom stereocenters. The smallest absolute Gasteiger partial charge is 0.314 e. The molecule has 0 radical (unpaired) electrons. The van der Waals surface area contributed by atoms with Gasteiger partial charge < -0.3 is 16.4 Å². The summed E-state index contributed by atoms with van der Waals surface area (Å²) in [6, 6.07) is 7.71. The van der Waals surface area contributed by atoms with Crippen LogP contribution in [0.15, 0.2) is 24.3 Å². The van der Waals surface area contributed by atoms with E-state index in [4.69, 9.17) is 5.73 Å². The first-order chi connectivity index (χ1) is 7.58. The fourth-order valence-corrected chi connectivity index (χ4v) is 1.32. The number of carbonyl (C=O) groups is 1. The van der Waals surface area contributed by atoms with Gasteiger partial charge >= 0.3 is 6.03 Å². The Balaban J connectivity index is 2.25. The molecule has 0 spiro atoms. The molecule has 0 unspecified atom stereocenters. The van der Waals surface area contributed by atoms with E-state index in [9.17, 15) is 4.79 Å². The Morgan fingerprint density at radius 2 is 1.94 bits per heavy atom. The van der Waals surface area contributed by atoms with Crippen LogP contribution in [-0.2, 0) is 6.42 Å². The van der Waals surface area contributed by atoms with Crippen molar-refractivity contribution in [2.45, 2.75) is 26.3 Å². The van der Waals surface area contributed by atoms with Gasteiger partial charge in [-0.25, -0.2) is 4.79 Å². The van der Waals surface area contributed by atoms with Crippen LogP contribution in [0, 0.1) is 0 Å². The average molecular weight is 221 g/mol. The van der Waals surface area contributed by atoms with Gasteiger partial charge in [0.05, 0.1) is 0 Å². The lowest BCUT2D eigenvalue weighted by Crippen LogP contribution is -2.40. The van der Waals surface area contributed by atoms with Crippen molar-refractivity contribution in [3.63, 3.8) is 0 Å². The Hall–Kier alpha value is -1.71. The first-order valence-electron chi connectivity index (χ1n) is 5.46. The summed E-state index contributed by atoms with van der Waals surface area (Å²) < 4.78 is 0. The lowest BCUT2D eigenvalue weighted by atomic mass is 10.1. The molecule has 4 heteroatoms. The van der Waals surface area contributed by atoms with Crippen molar-refractivity contribution in [1.82, 2.24) is 10.6 Å². The fourth-order valence-electron chi connectivity index (χ4n) is 1.32. The van der Waals surface area contributed by atoms with E-state index in [1.54, 1.807) is 0 Å². The highest BCUT2D eigenvalue weighted by Gasteiger charge is 2.01. The third-order valence-corrected chi connectivity index (χ3v) is 2.10. The molecule has 0 aliphatic carbocycles. The van der Waals surface area contributed by atoms with E-state index in [1.807, 2.05) is 38.1 Å². The van der Waals surface area contributed by atoms with E-state index in [0.717, 1.165) is 12.1 Å². The number of benzene rings is 1. The Bertz CT molecular complexity index is 333. The number of urea groups is 1. The monoisotopic (exact) mass is 221 g/mol. The molecule has 0 saturated heterocycles. The molecule has 0 heterocycles. The van der Waals surface area contributed by atoms with Gasteiger partial charge in [0.25, 0.3) is 0 Å². The van der Waals surface area contributed by atoms with Gasteiger partial charge in [0.2, 0.25) is 0 Å². The Kier molecular flexibility index (Phi) is 4.64. The molecule has 1 rings (SSSR count). The van der Waals surface area contributed by atoms with Gasteiger partial charge in [-0.15, -0.1) is 0 Å². The normalized spacial score (nSPS) is 10.2. The van der Waals surface area contributed by atoms with Gasteiger partial charge in [-0.05, 0) is 38.0 Å². The summed E-state index contributed by atoms with van der Waals surface area (Å²) in [5.74, 6) is 0. The van der Waals surface area contributed by atoms with Crippen molar-refractivity contribution >= 4 is 11.7 Å². The van der Waals surface area contributed by atoms with E-state index in [-0.39, 0.29) is 12.1 Å². The molecule has 0 aromatic heterocycles. The number of hydrogen-bond acceptors (Lipinski definition) is 2. The van der Waals surface area contributed by atoms with Crippen molar-refractivity contribution in [2.24, 2.45) is 0 Å². The van der Waals surface area contributed by atoms with E-state index in [0.29, 0.717) is 6.54 Å². The molecule has 88 valence electrons. The summed E-state index contributed by atoms with van der Waals surface area (Å²) >= 11 is 0. The highest BCUT2D eigenvalue weighted by Crippen LogP contribution is 2.05. The topological polar surface area (TPSA) is 67.2 Å². The molecule has 0 bridgehead atoms. The Morgan fingerprint density at radius 3 is 2.50 bits per heavy atom. The number of hydrogen-bond donors (Lipinski definition) is 3. The number of nitrogens with one attached hydrogen (secondary N) is 2. The second-order valence-corrected chi connectivity index (χ2v) is 4.05. The standard InChI is InChI=1S/C12H19N3O/c1-9(2)15-12(16)14-8-7-10-3-5-11(13)6-4-10/h3-6,9H,7-8,13H2,1-2H3,(H2,14,15,16). The Morgan fingerprint density at radius 1 is 1.31 bits per heavy atom. The van der Waals surface area contributed by atoms with Crippen LogP contribution in [0.4, 0.5) is 10.5 Å². The molecule has 2 amide bonds. The van der Waals surface area contributed by atoms with Crippen LogP contribution in [0.3, 0.4) is 0 Å². The van der Waals surface area contributed by atoms with E-state index < -0.39 is 0 Å². The van der Waals surface area contributed by atoms with Crippen molar-refractivity contribution in [3.05, 3.63) is 29.8 Å². The minimum absolute atomic E-state index is 0.120. The van der Waals surface area contributed by atoms with E-state index in [2.05, 4.69) is 10.6 Å². The first-order valence-corrected chi connectivity index (χ1v) is 5.46. The molecular weight excluding hydrogens is 202 g/mol. The number of carbonyl (C=O) groups excluding carboxylic acids is 1. The predicted molar refractivity (Wildman–Crippen MR) is 66.2 cm³/mol. The third kappa shape index (κ3) is 4.68. The summed E-state index contributed by atoms with van der Waals surface area (Å²) in [5, 5.41) is 5.56. The highest BCUT2D eigenvalue weighted by atomic mass is 16.2. The van der Waals surface area contributed by atoms with Crippen molar-refractivity contribution in [2.75, 3.05) is 12.3 Å². The molecule has 16 heavy (non-hydrogen) atoms. The third-order valence-electron chi connectivity index (χ3n) is 2.10. The average Bonchev–Trinajstić information content (AvgIpc) is 2.20. The lowest BCUT2D eigenvalue weighted by molar-refractivity contribution is 0.238. The zero-order valence-electron chi connectivity index (χ0n) is 9.79. The second kappa shape index (κ2) is 6.00. The molecule has 0 aliphatic rings. The molecule has 4 N–H and O–H groups in total. The van der Waals surface area contributed by atoms with Crippen LogP contribution >= 0.6 is 0 Å². The van der Waals surface area contributed by atoms with Crippen LogP contribution in [0.1, 0.15) is 19.4 Å². The maximum Gasteiger partial charge on any atom is 0.314 e. The summed E-state index contributed by atoms with van der Waals surface area (Å²) in [6.07, 6.45) is 0.811. The number of anilines is 1. The van der Waals surface area contributed by atoms with Gasteiger partial charge in [-0.1, -0.05) is 12.1 Å². The number of amides is 2. The Labute approximate surface area is 96.2 Å². The zero-order valence-corrected chi connectivity index (χ0v) is 9.79. The summed E-state index contributed by atoms with van der Waals surface area (Å²) in [7, 11) is 0. The van der Waals surface area contributed by atoms with E-state index >= 15 is 0 Å². The summed E-state index contributed by atoms with van der Waals surface area (Å²) in [5.41, 5.74) is 7.50. The summed E-state index contributed by atoms with van der Waals surface area (Å²) in [6.45, 7) is 4.49. The molecule has 1 aromatic rings.